The van der Waals surface area contributed by atoms with E-state index in [0.29, 0.717) is 18.8 Å². The lowest BCUT2D eigenvalue weighted by atomic mass is 10.1. The zero-order valence-corrected chi connectivity index (χ0v) is 13.2. The van der Waals surface area contributed by atoms with Crippen LogP contribution >= 0.6 is 0 Å². The molecule has 1 N–H and O–H groups in total. The quantitative estimate of drug-likeness (QED) is 0.904. The highest BCUT2D eigenvalue weighted by Gasteiger charge is 2.43. The van der Waals surface area contributed by atoms with Gasteiger partial charge in [-0.1, -0.05) is 18.2 Å². The van der Waals surface area contributed by atoms with Gasteiger partial charge in [-0.3, -0.25) is 9.48 Å². The molecule has 6 heteroatoms. The molecule has 2 fully saturated rings. The van der Waals surface area contributed by atoms with Crippen molar-refractivity contribution in [3.63, 3.8) is 0 Å². The van der Waals surface area contributed by atoms with Crippen molar-refractivity contribution >= 4 is 16.8 Å². The smallest absolute Gasteiger partial charge is 0.275 e. The number of rotatable bonds is 2. The number of morpholine rings is 1. The van der Waals surface area contributed by atoms with E-state index >= 15 is 0 Å². The molecule has 23 heavy (non-hydrogen) atoms. The maximum absolute atomic E-state index is 13.1. The van der Waals surface area contributed by atoms with E-state index < -0.39 is 0 Å². The van der Waals surface area contributed by atoms with Gasteiger partial charge in [-0.15, -0.1) is 0 Å². The number of ether oxygens (including phenoxy) is 1. The molecule has 1 aromatic heterocycles. The van der Waals surface area contributed by atoms with E-state index in [4.69, 9.17) is 4.74 Å². The SMILES string of the molecule is Cn1nc(C(=O)N2CCO[C@H]3C[C@H](CO)C[C@@H]32)c2ccccc21. The Morgan fingerprint density at radius 3 is 3.04 bits per heavy atom. The standard InChI is InChI=1S/C17H21N3O3/c1-19-13-5-3-2-4-12(13)16(18-19)17(22)20-6-7-23-15-9-11(10-21)8-14(15)20/h2-5,11,14-15,21H,6-10H2,1H3/t11-,14+,15+/m1/s1. The van der Waals surface area contributed by atoms with Gasteiger partial charge < -0.3 is 14.7 Å². The van der Waals surface area contributed by atoms with Crippen molar-refractivity contribution in [3.05, 3.63) is 30.0 Å². The second kappa shape index (κ2) is 5.62. The molecule has 0 radical (unpaired) electrons. The first kappa shape index (κ1) is 14.7. The number of amides is 1. The van der Waals surface area contributed by atoms with Gasteiger partial charge in [0.05, 0.1) is 24.3 Å². The third kappa shape index (κ3) is 2.33. The predicted octanol–water partition coefficient (Wildman–Crippen LogP) is 1.19. The molecular weight excluding hydrogens is 294 g/mol. The van der Waals surface area contributed by atoms with Crippen molar-refractivity contribution in [1.29, 1.82) is 0 Å². The zero-order chi connectivity index (χ0) is 16.0. The molecule has 1 aliphatic carbocycles. The van der Waals surface area contributed by atoms with Crippen LogP contribution in [-0.2, 0) is 11.8 Å². The van der Waals surface area contributed by atoms with Gasteiger partial charge in [0.25, 0.3) is 5.91 Å². The molecule has 1 aliphatic heterocycles. The summed E-state index contributed by atoms with van der Waals surface area (Å²) >= 11 is 0. The molecule has 4 rings (SSSR count). The van der Waals surface area contributed by atoms with Crippen LogP contribution in [0.4, 0.5) is 0 Å². The normalized spacial score (nSPS) is 27.4. The van der Waals surface area contributed by atoms with Crippen molar-refractivity contribution in [2.75, 3.05) is 19.8 Å². The maximum atomic E-state index is 13.1. The summed E-state index contributed by atoms with van der Waals surface area (Å²) in [5, 5.41) is 14.8. The largest absolute Gasteiger partial charge is 0.396 e. The molecule has 0 unspecified atom stereocenters. The van der Waals surface area contributed by atoms with E-state index in [-0.39, 0.29) is 30.6 Å². The first-order valence-corrected chi connectivity index (χ1v) is 8.14. The van der Waals surface area contributed by atoms with Gasteiger partial charge in [-0.25, -0.2) is 0 Å². The van der Waals surface area contributed by atoms with E-state index in [2.05, 4.69) is 5.10 Å². The molecule has 3 atom stereocenters. The Morgan fingerprint density at radius 2 is 2.22 bits per heavy atom. The number of para-hydroxylation sites is 1. The lowest BCUT2D eigenvalue weighted by Gasteiger charge is -2.37. The first-order valence-electron chi connectivity index (χ1n) is 8.14. The Hall–Kier alpha value is -1.92. The Labute approximate surface area is 134 Å². The Morgan fingerprint density at radius 1 is 1.39 bits per heavy atom. The number of carbonyl (C=O) groups excluding carboxylic acids is 1. The first-order chi connectivity index (χ1) is 11.2. The molecule has 0 spiro atoms. The minimum Gasteiger partial charge on any atom is -0.396 e. The van der Waals surface area contributed by atoms with Crippen molar-refractivity contribution in [2.24, 2.45) is 13.0 Å². The number of aliphatic hydroxyl groups excluding tert-OH is 1. The third-order valence-electron chi connectivity index (χ3n) is 5.11. The highest BCUT2D eigenvalue weighted by atomic mass is 16.5. The molecule has 1 saturated heterocycles. The lowest BCUT2D eigenvalue weighted by Crippen LogP contribution is -2.51. The van der Waals surface area contributed by atoms with Crippen LogP contribution in [0.5, 0.6) is 0 Å². The van der Waals surface area contributed by atoms with Crippen LogP contribution in [0, 0.1) is 5.92 Å². The van der Waals surface area contributed by atoms with Crippen LogP contribution in [0.15, 0.2) is 24.3 Å². The summed E-state index contributed by atoms with van der Waals surface area (Å²) in [7, 11) is 1.86. The van der Waals surface area contributed by atoms with Crippen molar-refractivity contribution in [1.82, 2.24) is 14.7 Å². The van der Waals surface area contributed by atoms with E-state index in [9.17, 15) is 9.90 Å². The van der Waals surface area contributed by atoms with E-state index in [1.165, 1.54) is 0 Å². The number of aromatic nitrogens is 2. The molecule has 1 amide bonds. The topological polar surface area (TPSA) is 67.6 Å². The fourth-order valence-electron chi connectivity index (χ4n) is 3.96. The van der Waals surface area contributed by atoms with E-state index in [0.717, 1.165) is 23.7 Å². The number of hydrogen-bond acceptors (Lipinski definition) is 4. The number of nitrogens with zero attached hydrogens (tertiary/aromatic N) is 3. The summed E-state index contributed by atoms with van der Waals surface area (Å²) in [6.45, 7) is 1.30. The number of aryl methyl sites for hydroxylation is 1. The Kier molecular flexibility index (Phi) is 3.58. The fraction of sp³-hybridized carbons (Fsp3) is 0.529. The highest BCUT2D eigenvalue weighted by Crippen LogP contribution is 2.35. The molecular formula is C17H21N3O3. The monoisotopic (exact) mass is 315 g/mol. The summed E-state index contributed by atoms with van der Waals surface area (Å²) < 4.78 is 7.57. The van der Waals surface area contributed by atoms with Gasteiger partial charge in [-0.2, -0.15) is 5.10 Å². The van der Waals surface area contributed by atoms with E-state index in [1.54, 1.807) is 4.68 Å². The van der Waals surface area contributed by atoms with Gasteiger partial charge in [0.2, 0.25) is 0 Å². The Bertz CT molecular complexity index is 742. The lowest BCUT2D eigenvalue weighted by molar-refractivity contribution is -0.0450. The number of benzene rings is 1. The van der Waals surface area contributed by atoms with Crippen LogP contribution in [-0.4, -0.2) is 57.6 Å². The van der Waals surface area contributed by atoms with Gasteiger partial charge >= 0.3 is 0 Å². The average molecular weight is 315 g/mol. The Balaban J connectivity index is 1.68. The van der Waals surface area contributed by atoms with Crippen molar-refractivity contribution < 1.29 is 14.6 Å². The van der Waals surface area contributed by atoms with Crippen LogP contribution in [0.2, 0.25) is 0 Å². The zero-order valence-electron chi connectivity index (χ0n) is 13.2. The fourth-order valence-corrected chi connectivity index (χ4v) is 3.96. The van der Waals surface area contributed by atoms with Crippen molar-refractivity contribution in [3.8, 4) is 0 Å². The van der Waals surface area contributed by atoms with Crippen LogP contribution in [0.1, 0.15) is 23.3 Å². The molecule has 1 aromatic carbocycles. The number of fused-ring (bicyclic) bond motifs is 2. The highest BCUT2D eigenvalue weighted by molar-refractivity contribution is 6.05. The van der Waals surface area contributed by atoms with Crippen molar-refractivity contribution in [2.45, 2.75) is 25.0 Å². The van der Waals surface area contributed by atoms with Gasteiger partial charge in [0, 0.05) is 25.6 Å². The summed E-state index contributed by atoms with van der Waals surface area (Å²) in [6.07, 6.45) is 1.67. The minimum atomic E-state index is -0.0290. The second-order valence-electron chi connectivity index (χ2n) is 6.48. The van der Waals surface area contributed by atoms with Gasteiger partial charge in [0.1, 0.15) is 0 Å². The van der Waals surface area contributed by atoms with Gasteiger partial charge in [0.15, 0.2) is 5.69 Å². The van der Waals surface area contributed by atoms with Crippen LogP contribution in [0.3, 0.4) is 0 Å². The molecule has 122 valence electrons. The van der Waals surface area contributed by atoms with Crippen LogP contribution in [0.25, 0.3) is 10.9 Å². The van der Waals surface area contributed by atoms with Crippen LogP contribution < -0.4 is 0 Å². The van der Waals surface area contributed by atoms with E-state index in [1.807, 2.05) is 36.2 Å². The number of hydrogen-bond donors (Lipinski definition) is 1. The molecule has 0 bridgehead atoms. The minimum absolute atomic E-state index is 0.0290. The van der Waals surface area contributed by atoms with Gasteiger partial charge in [-0.05, 0) is 24.8 Å². The average Bonchev–Trinajstić information content (AvgIpc) is 3.15. The molecule has 1 saturated carbocycles. The predicted molar refractivity (Wildman–Crippen MR) is 85.1 cm³/mol. The molecule has 6 nitrogen and oxygen atoms in total. The maximum Gasteiger partial charge on any atom is 0.275 e. The summed E-state index contributed by atoms with van der Waals surface area (Å²) in [5.74, 6) is 0.192. The number of aliphatic hydroxyl groups is 1. The second-order valence-corrected chi connectivity index (χ2v) is 6.48. The third-order valence-corrected chi connectivity index (χ3v) is 5.11. The molecule has 2 heterocycles. The number of carbonyl (C=O) groups is 1. The molecule has 2 aromatic rings. The summed E-state index contributed by atoms with van der Waals surface area (Å²) in [6, 6.07) is 7.85. The molecule has 2 aliphatic rings. The summed E-state index contributed by atoms with van der Waals surface area (Å²) in [4.78, 5) is 15.0. The summed E-state index contributed by atoms with van der Waals surface area (Å²) in [5.41, 5.74) is 1.47.